The third-order valence-electron chi connectivity index (χ3n) is 4.09. The Balaban J connectivity index is 2.27. The van der Waals surface area contributed by atoms with E-state index < -0.39 is 0 Å². The zero-order valence-corrected chi connectivity index (χ0v) is 13.9. The molecule has 0 aromatic heterocycles. The molecule has 0 saturated carbocycles. The van der Waals surface area contributed by atoms with E-state index in [0.29, 0.717) is 13.2 Å². The molecule has 0 spiro atoms. The van der Waals surface area contributed by atoms with Crippen LogP contribution in [0.25, 0.3) is 0 Å². The van der Waals surface area contributed by atoms with E-state index in [1.54, 1.807) is 0 Å². The number of rotatable bonds is 5. The van der Waals surface area contributed by atoms with Crippen molar-refractivity contribution in [2.24, 2.45) is 0 Å². The first-order valence-corrected chi connectivity index (χ1v) is 7.56. The quantitative estimate of drug-likeness (QED) is 0.782. The molecule has 4 nitrogen and oxygen atoms in total. The summed E-state index contributed by atoms with van der Waals surface area (Å²) in [6.07, 6.45) is 0. The van der Waals surface area contributed by atoms with Crippen molar-refractivity contribution in [1.29, 1.82) is 0 Å². The summed E-state index contributed by atoms with van der Waals surface area (Å²) >= 11 is 0. The van der Waals surface area contributed by atoms with E-state index in [-0.39, 0.29) is 18.3 Å². The van der Waals surface area contributed by atoms with E-state index >= 15 is 0 Å². The van der Waals surface area contributed by atoms with Crippen molar-refractivity contribution in [3.8, 4) is 11.5 Å². The zero-order valence-electron chi connectivity index (χ0n) is 13.9. The van der Waals surface area contributed by atoms with E-state index in [1.165, 1.54) is 0 Å². The highest BCUT2D eigenvalue weighted by Crippen LogP contribution is 2.37. The van der Waals surface area contributed by atoms with E-state index in [0.717, 1.165) is 17.0 Å². The predicted octanol–water partition coefficient (Wildman–Crippen LogP) is 2.78. The molecule has 1 aromatic rings. The summed E-state index contributed by atoms with van der Waals surface area (Å²) in [7, 11) is -0.384. The summed E-state index contributed by atoms with van der Waals surface area (Å²) in [4.78, 5) is 0. The maximum atomic E-state index is 6.06. The van der Waals surface area contributed by atoms with Gasteiger partial charge in [0.25, 0.3) is 0 Å². The Bertz CT molecular complexity index is 483. The van der Waals surface area contributed by atoms with Crippen molar-refractivity contribution in [3.05, 3.63) is 18.2 Å². The van der Waals surface area contributed by atoms with Crippen molar-refractivity contribution >= 4 is 12.6 Å². The zero-order chi connectivity index (χ0) is 15.7. The minimum Gasteiger partial charge on any atom is -0.490 e. The Labute approximate surface area is 127 Å². The maximum Gasteiger partial charge on any atom is 0.494 e. The van der Waals surface area contributed by atoms with Crippen LogP contribution in [-0.2, 0) is 9.31 Å². The molecule has 0 bridgehead atoms. The van der Waals surface area contributed by atoms with E-state index in [1.807, 2.05) is 59.7 Å². The van der Waals surface area contributed by atoms with E-state index in [9.17, 15) is 0 Å². The molecule has 1 fully saturated rings. The highest BCUT2D eigenvalue weighted by molar-refractivity contribution is 6.62. The summed E-state index contributed by atoms with van der Waals surface area (Å²) in [6.45, 7) is 13.3. The third-order valence-corrected chi connectivity index (χ3v) is 4.09. The van der Waals surface area contributed by atoms with E-state index in [4.69, 9.17) is 18.8 Å². The summed E-state index contributed by atoms with van der Waals surface area (Å²) < 4.78 is 23.4. The summed E-state index contributed by atoms with van der Waals surface area (Å²) in [5, 5.41) is 0. The lowest BCUT2D eigenvalue weighted by Gasteiger charge is -2.32. The molecule has 0 atom stereocenters. The van der Waals surface area contributed by atoms with Gasteiger partial charge in [-0.3, -0.25) is 0 Å². The molecule has 116 valence electrons. The molecule has 1 aromatic carbocycles. The highest BCUT2D eigenvalue weighted by Gasteiger charge is 2.51. The van der Waals surface area contributed by atoms with Crippen molar-refractivity contribution in [2.75, 3.05) is 13.2 Å². The second kappa shape index (κ2) is 5.89. The van der Waals surface area contributed by atoms with Gasteiger partial charge in [-0.25, -0.2) is 0 Å². The van der Waals surface area contributed by atoms with Crippen LogP contribution in [0.4, 0.5) is 0 Å². The molecule has 1 aliphatic rings. The van der Waals surface area contributed by atoms with Gasteiger partial charge in [0.15, 0.2) is 11.5 Å². The van der Waals surface area contributed by atoms with Gasteiger partial charge in [-0.15, -0.1) is 0 Å². The van der Waals surface area contributed by atoms with Crippen LogP contribution in [0.5, 0.6) is 11.5 Å². The van der Waals surface area contributed by atoms with Crippen LogP contribution in [0.3, 0.4) is 0 Å². The van der Waals surface area contributed by atoms with Crippen LogP contribution in [0.2, 0.25) is 0 Å². The molecule has 2 rings (SSSR count). The molecule has 1 saturated heterocycles. The standard InChI is InChI=1S/C16H25BO4/c1-7-18-13-10-9-12(11-14(13)19-8-2)17-20-15(3,4)16(5,6)21-17/h9-11H,7-8H2,1-6H3. The van der Waals surface area contributed by atoms with Gasteiger partial charge >= 0.3 is 7.12 Å². The van der Waals surface area contributed by atoms with Gasteiger partial charge in [0.1, 0.15) is 0 Å². The first-order chi connectivity index (χ1) is 9.80. The molecule has 1 aliphatic heterocycles. The average Bonchev–Trinajstić information content (AvgIpc) is 2.61. The Kier molecular flexibility index (Phi) is 4.54. The fourth-order valence-corrected chi connectivity index (χ4v) is 2.19. The van der Waals surface area contributed by atoms with Crippen molar-refractivity contribution in [1.82, 2.24) is 0 Å². The Morgan fingerprint density at radius 3 is 1.95 bits per heavy atom. The molecule has 0 unspecified atom stereocenters. The molecule has 0 amide bonds. The second-order valence-corrected chi connectivity index (χ2v) is 6.16. The second-order valence-electron chi connectivity index (χ2n) is 6.16. The van der Waals surface area contributed by atoms with Crippen LogP contribution < -0.4 is 14.9 Å². The van der Waals surface area contributed by atoms with Gasteiger partial charge in [0, 0.05) is 0 Å². The molecule has 1 heterocycles. The van der Waals surface area contributed by atoms with Gasteiger partial charge in [-0.2, -0.15) is 0 Å². The normalized spacial score (nSPS) is 19.6. The molecule has 0 N–H and O–H groups in total. The number of benzene rings is 1. The first-order valence-electron chi connectivity index (χ1n) is 7.56. The summed E-state index contributed by atoms with van der Waals surface area (Å²) in [5.74, 6) is 1.48. The third kappa shape index (κ3) is 3.19. The SMILES string of the molecule is CCOc1ccc(B2OC(C)(C)C(C)(C)O2)cc1OCC. The monoisotopic (exact) mass is 292 g/mol. The highest BCUT2D eigenvalue weighted by atomic mass is 16.7. The smallest absolute Gasteiger partial charge is 0.490 e. The van der Waals surface area contributed by atoms with Gasteiger partial charge in [0.05, 0.1) is 24.4 Å². The topological polar surface area (TPSA) is 36.9 Å². The van der Waals surface area contributed by atoms with Crippen LogP contribution in [-0.4, -0.2) is 31.5 Å². The summed E-state index contributed by atoms with van der Waals surface area (Å²) in [5.41, 5.74) is 0.255. The number of hydrogen-bond acceptors (Lipinski definition) is 4. The molecule has 0 radical (unpaired) electrons. The fraction of sp³-hybridized carbons (Fsp3) is 0.625. The van der Waals surface area contributed by atoms with E-state index in [2.05, 4.69) is 0 Å². The van der Waals surface area contributed by atoms with Gasteiger partial charge < -0.3 is 18.8 Å². The minimum atomic E-state index is -0.384. The molecule has 5 heteroatoms. The summed E-state index contributed by atoms with van der Waals surface area (Å²) in [6, 6.07) is 5.82. The predicted molar refractivity (Wildman–Crippen MR) is 84.5 cm³/mol. The molecule has 21 heavy (non-hydrogen) atoms. The van der Waals surface area contributed by atoms with Crippen molar-refractivity contribution in [3.63, 3.8) is 0 Å². The average molecular weight is 292 g/mol. The fourth-order valence-electron chi connectivity index (χ4n) is 2.19. The first kappa shape index (κ1) is 16.2. The number of hydrogen-bond donors (Lipinski definition) is 0. The lowest BCUT2D eigenvalue weighted by molar-refractivity contribution is 0.00578. The Morgan fingerprint density at radius 1 is 0.905 bits per heavy atom. The van der Waals surface area contributed by atoms with Gasteiger partial charge in [-0.05, 0) is 59.1 Å². The van der Waals surface area contributed by atoms with Crippen LogP contribution in [0.1, 0.15) is 41.5 Å². The largest absolute Gasteiger partial charge is 0.494 e. The minimum absolute atomic E-state index is 0.345. The Hall–Kier alpha value is -1.20. The molecular weight excluding hydrogens is 267 g/mol. The van der Waals surface area contributed by atoms with Crippen LogP contribution in [0, 0.1) is 0 Å². The number of ether oxygens (including phenoxy) is 2. The van der Waals surface area contributed by atoms with Gasteiger partial charge in [0.2, 0.25) is 0 Å². The lowest BCUT2D eigenvalue weighted by Crippen LogP contribution is -2.41. The Morgan fingerprint density at radius 2 is 1.43 bits per heavy atom. The maximum absolute atomic E-state index is 6.06. The molecule has 0 aliphatic carbocycles. The lowest BCUT2D eigenvalue weighted by atomic mass is 9.79. The van der Waals surface area contributed by atoms with Crippen LogP contribution >= 0.6 is 0 Å². The van der Waals surface area contributed by atoms with Crippen molar-refractivity contribution < 1.29 is 18.8 Å². The molecular formula is C16H25BO4. The van der Waals surface area contributed by atoms with Crippen molar-refractivity contribution in [2.45, 2.75) is 52.7 Å². The van der Waals surface area contributed by atoms with Crippen LogP contribution in [0.15, 0.2) is 18.2 Å². The van der Waals surface area contributed by atoms with Gasteiger partial charge in [-0.1, -0.05) is 6.07 Å².